The normalized spacial score (nSPS) is 15.5. The minimum Gasteiger partial charge on any atom is -0.382 e. The smallest absolute Gasteiger partial charge is 0.267 e. The van der Waals surface area contributed by atoms with Gasteiger partial charge >= 0.3 is 0 Å². The fourth-order valence-electron chi connectivity index (χ4n) is 3.31. The zero-order valence-electron chi connectivity index (χ0n) is 19.0. The van der Waals surface area contributed by atoms with Crippen LogP contribution in [0.4, 0.5) is 5.82 Å². The van der Waals surface area contributed by atoms with E-state index in [1.807, 2.05) is 26.0 Å². The van der Waals surface area contributed by atoms with E-state index in [2.05, 4.69) is 19.2 Å². The Kier molecular flexibility index (Phi) is 8.44. The minimum absolute atomic E-state index is 0.156. The summed E-state index contributed by atoms with van der Waals surface area (Å²) in [6.07, 6.45) is 4.97. The van der Waals surface area contributed by atoms with Gasteiger partial charge < -0.3 is 10.1 Å². The molecule has 1 amide bonds. The van der Waals surface area contributed by atoms with Crippen LogP contribution in [0.5, 0.6) is 0 Å². The molecule has 3 heterocycles. The summed E-state index contributed by atoms with van der Waals surface area (Å²) >= 11 is 6.67. The van der Waals surface area contributed by atoms with Gasteiger partial charge in [0.05, 0.1) is 10.5 Å². The Balaban J connectivity index is 1.97. The van der Waals surface area contributed by atoms with Gasteiger partial charge in [-0.15, -0.1) is 0 Å². The lowest BCUT2D eigenvalue weighted by molar-refractivity contribution is -0.122. The number of amides is 1. The third-order valence-electron chi connectivity index (χ3n) is 5.13. The average Bonchev–Trinajstić information content (AvgIpc) is 3.02. The number of nitrogens with zero attached hydrogens (tertiary/aromatic N) is 3. The van der Waals surface area contributed by atoms with Gasteiger partial charge in [0.2, 0.25) is 0 Å². The molecule has 32 heavy (non-hydrogen) atoms. The first-order valence-electron chi connectivity index (χ1n) is 10.9. The van der Waals surface area contributed by atoms with Gasteiger partial charge in [0.1, 0.15) is 15.8 Å². The number of fused-ring (bicyclic) bond motifs is 1. The second-order valence-electron chi connectivity index (χ2n) is 8.06. The van der Waals surface area contributed by atoms with E-state index in [0.717, 1.165) is 18.4 Å². The quantitative estimate of drug-likeness (QED) is 0.316. The van der Waals surface area contributed by atoms with Gasteiger partial charge in [0.15, 0.2) is 0 Å². The van der Waals surface area contributed by atoms with Crippen LogP contribution in [0.25, 0.3) is 11.7 Å². The number of nitrogens with one attached hydrogen (secondary N) is 1. The summed E-state index contributed by atoms with van der Waals surface area (Å²) in [5.74, 6) is 0.777. The van der Waals surface area contributed by atoms with Crippen LogP contribution in [-0.2, 0) is 9.53 Å². The summed E-state index contributed by atoms with van der Waals surface area (Å²) in [5.41, 5.74) is 1.62. The highest BCUT2D eigenvalue weighted by atomic mass is 32.2. The zero-order valence-corrected chi connectivity index (χ0v) is 20.6. The number of hydrogen-bond donors (Lipinski definition) is 1. The molecule has 0 bridgehead atoms. The third-order valence-corrected chi connectivity index (χ3v) is 6.50. The second-order valence-corrected chi connectivity index (χ2v) is 9.73. The van der Waals surface area contributed by atoms with Gasteiger partial charge in [-0.25, -0.2) is 4.98 Å². The molecule has 172 valence electrons. The van der Waals surface area contributed by atoms with Crippen LogP contribution in [0.3, 0.4) is 0 Å². The van der Waals surface area contributed by atoms with E-state index in [1.165, 1.54) is 16.2 Å². The fourth-order valence-corrected chi connectivity index (χ4v) is 4.60. The van der Waals surface area contributed by atoms with Gasteiger partial charge in [0, 0.05) is 32.5 Å². The number of carbonyl (C=O) groups excluding carboxylic acids is 1. The van der Waals surface area contributed by atoms with Gasteiger partial charge in [-0.1, -0.05) is 43.9 Å². The number of carbonyl (C=O) groups is 1. The number of anilines is 1. The van der Waals surface area contributed by atoms with Crippen molar-refractivity contribution in [2.45, 2.75) is 40.5 Å². The molecule has 0 saturated carbocycles. The zero-order chi connectivity index (χ0) is 23.3. The van der Waals surface area contributed by atoms with E-state index in [-0.39, 0.29) is 11.5 Å². The lowest BCUT2D eigenvalue weighted by atomic mass is 10.1. The fraction of sp³-hybridized carbons (Fsp3) is 0.478. The van der Waals surface area contributed by atoms with E-state index in [1.54, 1.807) is 17.2 Å². The first-order chi connectivity index (χ1) is 15.3. The standard InChI is InChI=1S/C23H30N4O3S2/c1-5-30-13-7-10-24-19-17(21(28)26-11-6-8-16(4)20(26)25-19)14-18-22(29)27(23(31)32-18)12-9-15(2)3/h6,8,11,14-15,24H,5,7,9-10,12-13H2,1-4H3/b18-14-. The molecule has 0 aromatic carbocycles. The Morgan fingerprint density at radius 3 is 2.84 bits per heavy atom. The molecule has 2 aromatic rings. The van der Waals surface area contributed by atoms with E-state index < -0.39 is 0 Å². The molecular formula is C23H30N4O3S2. The Morgan fingerprint density at radius 1 is 1.34 bits per heavy atom. The van der Waals surface area contributed by atoms with Crippen LogP contribution in [0.2, 0.25) is 0 Å². The lowest BCUT2D eigenvalue weighted by Gasteiger charge is -2.15. The molecule has 0 radical (unpaired) electrons. The minimum atomic E-state index is -0.224. The monoisotopic (exact) mass is 474 g/mol. The van der Waals surface area contributed by atoms with Crippen molar-refractivity contribution < 1.29 is 9.53 Å². The number of aromatic nitrogens is 2. The second kappa shape index (κ2) is 11.1. The maximum Gasteiger partial charge on any atom is 0.267 e. The van der Waals surface area contributed by atoms with Crippen LogP contribution < -0.4 is 10.9 Å². The van der Waals surface area contributed by atoms with Gasteiger partial charge in [-0.3, -0.25) is 18.9 Å². The van der Waals surface area contributed by atoms with Crippen molar-refractivity contribution in [3.8, 4) is 0 Å². The van der Waals surface area contributed by atoms with Crippen LogP contribution in [-0.4, -0.2) is 50.8 Å². The average molecular weight is 475 g/mol. The number of ether oxygens (including phenoxy) is 1. The van der Waals surface area contributed by atoms with Crippen molar-refractivity contribution in [3.63, 3.8) is 0 Å². The number of hydrogen-bond acceptors (Lipinski definition) is 7. The molecule has 7 nitrogen and oxygen atoms in total. The highest BCUT2D eigenvalue weighted by molar-refractivity contribution is 8.26. The largest absolute Gasteiger partial charge is 0.382 e. The molecule has 1 saturated heterocycles. The molecule has 9 heteroatoms. The van der Waals surface area contributed by atoms with Gasteiger partial charge in [-0.05, 0) is 50.3 Å². The predicted octanol–water partition coefficient (Wildman–Crippen LogP) is 4.09. The molecule has 0 unspecified atom stereocenters. The maximum absolute atomic E-state index is 13.4. The van der Waals surface area contributed by atoms with E-state index >= 15 is 0 Å². The first-order valence-corrected chi connectivity index (χ1v) is 12.1. The van der Waals surface area contributed by atoms with Crippen molar-refractivity contribution in [1.82, 2.24) is 14.3 Å². The Bertz CT molecular complexity index is 1090. The predicted molar refractivity (Wildman–Crippen MR) is 135 cm³/mol. The summed E-state index contributed by atoms with van der Waals surface area (Å²) < 4.78 is 7.44. The third kappa shape index (κ3) is 5.57. The molecule has 0 spiro atoms. The van der Waals surface area contributed by atoms with Crippen molar-refractivity contribution >= 4 is 51.7 Å². The van der Waals surface area contributed by atoms with E-state index in [4.69, 9.17) is 21.9 Å². The van der Waals surface area contributed by atoms with Crippen LogP contribution in [0, 0.1) is 12.8 Å². The summed E-state index contributed by atoms with van der Waals surface area (Å²) in [6.45, 7) is 10.6. The number of thiocarbonyl (C=S) groups is 1. The number of pyridine rings is 1. The molecule has 3 rings (SSSR count). The highest BCUT2D eigenvalue weighted by Gasteiger charge is 2.32. The molecule has 2 aromatic heterocycles. The number of thioether (sulfide) groups is 1. The topological polar surface area (TPSA) is 75.9 Å². The number of aryl methyl sites for hydroxylation is 1. The SMILES string of the molecule is CCOCCCNc1nc2c(C)cccn2c(=O)c1/C=C1\SC(=S)N(CCC(C)C)C1=O. The van der Waals surface area contributed by atoms with Crippen LogP contribution >= 0.6 is 24.0 Å². The molecule has 1 fully saturated rings. The molecule has 1 aliphatic rings. The Hall–Kier alpha value is -2.23. The van der Waals surface area contributed by atoms with Crippen molar-refractivity contribution in [2.24, 2.45) is 5.92 Å². The lowest BCUT2D eigenvalue weighted by Crippen LogP contribution is -2.29. The van der Waals surface area contributed by atoms with Gasteiger partial charge in [-0.2, -0.15) is 0 Å². The van der Waals surface area contributed by atoms with Gasteiger partial charge in [0.25, 0.3) is 11.5 Å². The Morgan fingerprint density at radius 2 is 2.12 bits per heavy atom. The first kappa shape index (κ1) is 24.4. The van der Waals surface area contributed by atoms with Crippen LogP contribution in [0.15, 0.2) is 28.0 Å². The maximum atomic E-state index is 13.4. The number of rotatable bonds is 10. The van der Waals surface area contributed by atoms with Crippen molar-refractivity contribution in [1.29, 1.82) is 0 Å². The molecular weight excluding hydrogens is 444 g/mol. The summed E-state index contributed by atoms with van der Waals surface area (Å²) in [7, 11) is 0. The summed E-state index contributed by atoms with van der Waals surface area (Å²) in [6, 6.07) is 3.73. The molecule has 1 N–H and O–H groups in total. The summed E-state index contributed by atoms with van der Waals surface area (Å²) in [4.78, 5) is 33.1. The summed E-state index contributed by atoms with van der Waals surface area (Å²) in [5, 5.41) is 3.27. The van der Waals surface area contributed by atoms with Crippen molar-refractivity contribution in [3.05, 3.63) is 44.7 Å². The van der Waals surface area contributed by atoms with E-state index in [0.29, 0.717) is 58.5 Å². The molecule has 1 aliphatic heterocycles. The molecule has 0 atom stereocenters. The highest BCUT2D eigenvalue weighted by Crippen LogP contribution is 2.33. The molecule has 0 aliphatic carbocycles. The van der Waals surface area contributed by atoms with Crippen LogP contribution in [0.1, 0.15) is 44.7 Å². The van der Waals surface area contributed by atoms with E-state index in [9.17, 15) is 9.59 Å². The van der Waals surface area contributed by atoms with Crippen molar-refractivity contribution in [2.75, 3.05) is 31.6 Å². The Labute approximate surface area is 198 Å².